The number of hydrogen-bond acceptors (Lipinski definition) is 9. The molecule has 4 atom stereocenters. The van der Waals surface area contributed by atoms with E-state index in [0.29, 0.717) is 41.7 Å². The molecule has 0 bridgehead atoms. The van der Waals surface area contributed by atoms with Crippen molar-refractivity contribution in [2.75, 3.05) is 23.9 Å². The summed E-state index contributed by atoms with van der Waals surface area (Å²) in [4.78, 5) is 17.4. The standard InChI is InChI=1S/C29H38N10O/c1-16-12-13-20-14-38-23-25(32-17(2)18-10-7-11-18)33-27(28(36-30)37(3)31)34-26(23)35-29(38)39-21(15-40-24(16)22(20)39)19-8-5-4-6-9-19/h4-6,8-9,16-18,20-21H,7,10-15,30-31H2,1-3H3,(H,32,33,34)/b36-28-/t16-,17+,20+,21-/m0/s1. The van der Waals surface area contributed by atoms with Crippen LogP contribution in [0.15, 0.2) is 46.9 Å². The second-order valence-corrected chi connectivity index (χ2v) is 11.8. The largest absolute Gasteiger partial charge is 0.493 e. The lowest BCUT2D eigenvalue weighted by molar-refractivity contribution is 0.112. The molecule has 4 aliphatic rings. The van der Waals surface area contributed by atoms with Gasteiger partial charge in [0.05, 0.1) is 11.7 Å². The van der Waals surface area contributed by atoms with E-state index in [4.69, 9.17) is 31.4 Å². The third-order valence-electron chi connectivity index (χ3n) is 9.27. The summed E-state index contributed by atoms with van der Waals surface area (Å²) in [7, 11) is 1.68. The minimum atomic E-state index is 0.0118. The van der Waals surface area contributed by atoms with Gasteiger partial charge in [-0.1, -0.05) is 43.7 Å². The Bertz CT molecular complexity index is 1490. The van der Waals surface area contributed by atoms with Crippen molar-refractivity contribution in [3.63, 3.8) is 0 Å². The van der Waals surface area contributed by atoms with Gasteiger partial charge in [-0.05, 0) is 44.1 Å². The number of imidazole rings is 1. The maximum absolute atomic E-state index is 6.51. The van der Waals surface area contributed by atoms with Crippen molar-refractivity contribution in [2.24, 2.45) is 34.5 Å². The molecule has 7 rings (SSSR count). The lowest BCUT2D eigenvalue weighted by atomic mass is 9.80. The number of nitrogens with two attached hydrogens (primary N) is 2. The zero-order valence-corrected chi connectivity index (χ0v) is 23.4. The summed E-state index contributed by atoms with van der Waals surface area (Å²) >= 11 is 0. The van der Waals surface area contributed by atoms with E-state index in [0.717, 1.165) is 42.4 Å². The van der Waals surface area contributed by atoms with E-state index < -0.39 is 0 Å². The Labute approximate surface area is 234 Å². The molecule has 3 aromatic rings. The average Bonchev–Trinajstić information content (AvgIpc) is 3.29. The lowest BCUT2D eigenvalue weighted by Crippen LogP contribution is -2.46. The Morgan fingerprint density at radius 2 is 1.95 bits per heavy atom. The molecule has 0 spiro atoms. The fourth-order valence-corrected chi connectivity index (χ4v) is 6.84. The molecule has 0 amide bonds. The summed E-state index contributed by atoms with van der Waals surface area (Å²) in [6, 6.07) is 10.9. The highest BCUT2D eigenvalue weighted by Crippen LogP contribution is 2.50. The quantitative estimate of drug-likeness (QED) is 0.191. The lowest BCUT2D eigenvalue weighted by Gasteiger charge is -2.48. The number of nitrogens with zero attached hydrogens (tertiary/aromatic N) is 7. The van der Waals surface area contributed by atoms with Gasteiger partial charge in [0.25, 0.3) is 0 Å². The molecule has 2 aromatic heterocycles. The number of amidine groups is 1. The Morgan fingerprint density at radius 3 is 2.65 bits per heavy atom. The molecule has 2 aliphatic carbocycles. The summed E-state index contributed by atoms with van der Waals surface area (Å²) in [5.74, 6) is 16.5. The number of fused-ring (bicyclic) bond motifs is 4. The van der Waals surface area contributed by atoms with Crippen molar-refractivity contribution in [3.8, 4) is 0 Å². The molecule has 0 radical (unpaired) electrons. The number of hydrazine groups is 1. The van der Waals surface area contributed by atoms with E-state index in [9.17, 15) is 0 Å². The van der Waals surface area contributed by atoms with E-state index in [1.165, 1.54) is 35.5 Å². The monoisotopic (exact) mass is 542 g/mol. The topological polar surface area (TPSA) is 136 Å². The maximum Gasteiger partial charge on any atom is 0.213 e. The third-order valence-corrected chi connectivity index (χ3v) is 9.27. The average molecular weight is 543 g/mol. The molecule has 40 heavy (non-hydrogen) atoms. The van der Waals surface area contributed by atoms with Gasteiger partial charge >= 0.3 is 0 Å². The highest BCUT2D eigenvalue weighted by Gasteiger charge is 2.45. The van der Waals surface area contributed by atoms with Crippen molar-refractivity contribution in [1.82, 2.24) is 24.5 Å². The predicted molar refractivity (Wildman–Crippen MR) is 155 cm³/mol. The van der Waals surface area contributed by atoms with E-state index in [1.807, 2.05) is 0 Å². The van der Waals surface area contributed by atoms with Gasteiger partial charge in [-0.25, -0.2) is 15.8 Å². The molecule has 1 saturated carbocycles. The van der Waals surface area contributed by atoms with Crippen LogP contribution in [-0.4, -0.2) is 50.1 Å². The van der Waals surface area contributed by atoms with Crippen LogP contribution in [0.1, 0.15) is 63.4 Å². The molecule has 5 N–H and O–H groups in total. The summed E-state index contributed by atoms with van der Waals surface area (Å²) in [5, 5.41) is 8.97. The molecule has 0 unspecified atom stereocenters. The van der Waals surface area contributed by atoms with E-state index in [1.54, 1.807) is 7.05 Å². The first-order valence-electron chi connectivity index (χ1n) is 14.5. The number of aromatic nitrogens is 4. The Balaban J connectivity index is 1.44. The first-order chi connectivity index (χ1) is 19.4. The molecule has 0 saturated heterocycles. The van der Waals surface area contributed by atoms with Gasteiger partial charge < -0.3 is 25.4 Å². The maximum atomic E-state index is 6.51. The number of hydrogen-bond donors (Lipinski definition) is 3. The zero-order chi connectivity index (χ0) is 27.5. The van der Waals surface area contributed by atoms with Crippen LogP contribution in [0, 0.1) is 17.8 Å². The van der Waals surface area contributed by atoms with Gasteiger partial charge in [-0.2, -0.15) is 10.1 Å². The van der Waals surface area contributed by atoms with E-state index in [2.05, 4.69) is 64.1 Å². The second-order valence-electron chi connectivity index (χ2n) is 11.8. The van der Waals surface area contributed by atoms with E-state index in [-0.39, 0.29) is 12.1 Å². The summed E-state index contributed by atoms with van der Waals surface area (Å²) < 4.78 is 8.83. The SMILES string of the molecule is C[C@H]1CC[C@@H]2Cn3c(nc4nc(/C(=N/N)N(C)N)nc(N[C@H](C)C5CCC5)c43)N3C2=C1OC[C@H]3c1ccccc1. The normalized spacial score (nSPS) is 25.1. The van der Waals surface area contributed by atoms with Crippen LogP contribution < -0.4 is 21.9 Å². The van der Waals surface area contributed by atoms with Crippen LogP contribution in [0.2, 0.25) is 0 Å². The van der Waals surface area contributed by atoms with Crippen LogP contribution in [0.3, 0.4) is 0 Å². The number of anilines is 2. The summed E-state index contributed by atoms with van der Waals surface area (Å²) in [6.45, 7) is 5.89. The van der Waals surface area contributed by atoms with Crippen LogP contribution >= 0.6 is 0 Å². The number of nitrogens with one attached hydrogen (secondary N) is 1. The van der Waals surface area contributed by atoms with Gasteiger partial charge in [0.2, 0.25) is 17.6 Å². The molecule has 4 heterocycles. The Hall–Kier alpha value is -3.86. The molecule has 1 fully saturated rings. The fraction of sp³-hybridized carbons (Fsp3) is 0.517. The Morgan fingerprint density at radius 1 is 1.15 bits per heavy atom. The van der Waals surface area contributed by atoms with Crippen molar-refractivity contribution >= 4 is 28.8 Å². The van der Waals surface area contributed by atoms with Crippen LogP contribution in [0.5, 0.6) is 0 Å². The van der Waals surface area contributed by atoms with Crippen LogP contribution in [0.25, 0.3) is 11.2 Å². The first kappa shape index (κ1) is 25.1. The molecular formula is C29H38N10O. The smallest absolute Gasteiger partial charge is 0.213 e. The van der Waals surface area contributed by atoms with Gasteiger partial charge in [-0.3, -0.25) is 5.01 Å². The third kappa shape index (κ3) is 3.89. The minimum Gasteiger partial charge on any atom is -0.493 e. The number of allylic oxidation sites excluding steroid dienone is 2. The molecular weight excluding hydrogens is 504 g/mol. The van der Waals surface area contributed by atoms with Crippen molar-refractivity contribution in [1.29, 1.82) is 0 Å². The molecule has 210 valence electrons. The van der Waals surface area contributed by atoms with E-state index >= 15 is 0 Å². The highest BCUT2D eigenvalue weighted by molar-refractivity contribution is 5.98. The molecule has 2 aliphatic heterocycles. The number of ether oxygens (including phenoxy) is 1. The van der Waals surface area contributed by atoms with Gasteiger partial charge in [-0.15, -0.1) is 0 Å². The van der Waals surface area contributed by atoms with Gasteiger partial charge in [0, 0.05) is 31.5 Å². The van der Waals surface area contributed by atoms with Crippen LogP contribution in [0.4, 0.5) is 11.8 Å². The van der Waals surface area contributed by atoms with Gasteiger partial charge in [0.15, 0.2) is 11.5 Å². The van der Waals surface area contributed by atoms with Crippen LogP contribution in [-0.2, 0) is 11.3 Å². The molecule has 11 nitrogen and oxygen atoms in total. The van der Waals surface area contributed by atoms with Crippen molar-refractivity contribution in [2.45, 2.75) is 64.6 Å². The van der Waals surface area contributed by atoms with Crippen molar-refractivity contribution in [3.05, 3.63) is 53.2 Å². The number of hydrazone groups is 1. The molecule has 1 aromatic carbocycles. The zero-order valence-electron chi connectivity index (χ0n) is 23.4. The number of benzene rings is 1. The second kappa shape index (κ2) is 9.65. The molecule has 11 heteroatoms. The first-order valence-corrected chi connectivity index (χ1v) is 14.5. The van der Waals surface area contributed by atoms with Crippen molar-refractivity contribution < 1.29 is 4.74 Å². The minimum absolute atomic E-state index is 0.0118. The highest BCUT2D eigenvalue weighted by atomic mass is 16.5. The fourth-order valence-electron chi connectivity index (χ4n) is 6.84. The summed E-state index contributed by atoms with van der Waals surface area (Å²) in [6.07, 6.45) is 5.94. The summed E-state index contributed by atoms with van der Waals surface area (Å²) in [5.41, 5.74) is 4.01. The number of rotatable bonds is 5. The Kier molecular flexibility index (Phi) is 6.06. The van der Waals surface area contributed by atoms with Gasteiger partial charge in [0.1, 0.15) is 17.9 Å². The predicted octanol–water partition coefficient (Wildman–Crippen LogP) is 3.70.